The van der Waals surface area contributed by atoms with Crippen LogP contribution < -0.4 is 5.73 Å². The number of ether oxygens (including phenoxy) is 1. The lowest BCUT2D eigenvalue weighted by Crippen LogP contribution is -2.47. The fourth-order valence-electron chi connectivity index (χ4n) is 2.96. The zero-order valence-electron chi connectivity index (χ0n) is 11.8. The smallest absolute Gasteiger partial charge is 0.410 e. The highest BCUT2D eigenvalue weighted by molar-refractivity contribution is 5.68. The van der Waals surface area contributed by atoms with Gasteiger partial charge in [0.15, 0.2) is 0 Å². The van der Waals surface area contributed by atoms with Crippen LogP contribution in [0.1, 0.15) is 46.5 Å². The van der Waals surface area contributed by atoms with Crippen LogP contribution in [0.15, 0.2) is 0 Å². The van der Waals surface area contributed by atoms with Crippen LogP contribution in [0, 0.1) is 11.8 Å². The first kappa shape index (κ1) is 13.7. The van der Waals surface area contributed by atoms with Crippen molar-refractivity contribution in [3.05, 3.63) is 0 Å². The third kappa shape index (κ3) is 3.16. The molecule has 0 aromatic rings. The minimum Gasteiger partial charge on any atom is -0.444 e. The van der Waals surface area contributed by atoms with Crippen LogP contribution in [0.3, 0.4) is 0 Å². The lowest BCUT2D eigenvalue weighted by molar-refractivity contribution is 0.00642. The van der Waals surface area contributed by atoms with Gasteiger partial charge in [-0.15, -0.1) is 0 Å². The summed E-state index contributed by atoms with van der Waals surface area (Å²) in [4.78, 5) is 14.2. The number of amides is 1. The van der Waals surface area contributed by atoms with Crippen molar-refractivity contribution in [1.82, 2.24) is 4.90 Å². The van der Waals surface area contributed by atoms with Gasteiger partial charge in [-0.3, -0.25) is 0 Å². The average Bonchev–Trinajstić information content (AvgIpc) is 3.06. The van der Waals surface area contributed by atoms with Crippen molar-refractivity contribution < 1.29 is 9.53 Å². The van der Waals surface area contributed by atoms with E-state index in [1.54, 1.807) is 0 Å². The summed E-state index contributed by atoms with van der Waals surface area (Å²) in [5.41, 5.74) is 5.31. The van der Waals surface area contributed by atoms with Gasteiger partial charge in [0.05, 0.1) is 0 Å². The van der Waals surface area contributed by atoms with Gasteiger partial charge in [0.25, 0.3) is 0 Å². The molecular formula is C14H26N2O2. The minimum absolute atomic E-state index is 0.144. The van der Waals surface area contributed by atoms with E-state index in [0.717, 1.165) is 25.9 Å². The van der Waals surface area contributed by atoms with Gasteiger partial charge < -0.3 is 15.4 Å². The SMILES string of the molecule is CC(C)(C)OC(=O)N1CCCCC1C1CC1CN. The van der Waals surface area contributed by atoms with Crippen LogP contribution in [0.2, 0.25) is 0 Å². The highest BCUT2D eigenvalue weighted by atomic mass is 16.6. The largest absolute Gasteiger partial charge is 0.444 e. The molecular weight excluding hydrogens is 228 g/mol. The van der Waals surface area contributed by atoms with Gasteiger partial charge in [-0.25, -0.2) is 4.79 Å². The Hall–Kier alpha value is -0.770. The highest BCUT2D eigenvalue weighted by Gasteiger charge is 2.46. The first-order valence-electron chi connectivity index (χ1n) is 7.12. The molecule has 104 valence electrons. The predicted octanol–water partition coefficient (Wildman–Crippen LogP) is 2.37. The van der Waals surface area contributed by atoms with Crippen LogP contribution in [-0.2, 0) is 4.74 Å². The minimum atomic E-state index is -0.407. The number of likely N-dealkylation sites (tertiary alicyclic amines) is 1. The summed E-state index contributed by atoms with van der Waals surface area (Å²) in [6.45, 7) is 7.35. The van der Waals surface area contributed by atoms with Crippen molar-refractivity contribution in [2.24, 2.45) is 17.6 Å². The number of hydrogen-bond acceptors (Lipinski definition) is 3. The topological polar surface area (TPSA) is 55.6 Å². The van der Waals surface area contributed by atoms with Crippen LogP contribution in [-0.4, -0.2) is 35.7 Å². The van der Waals surface area contributed by atoms with Gasteiger partial charge in [-0.05, 0) is 64.8 Å². The summed E-state index contributed by atoms with van der Waals surface area (Å²) >= 11 is 0. The summed E-state index contributed by atoms with van der Waals surface area (Å²) < 4.78 is 5.51. The number of carbonyl (C=O) groups is 1. The Morgan fingerprint density at radius 1 is 1.39 bits per heavy atom. The lowest BCUT2D eigenvalue weighted by atomic mass is 9.97. The molecule has 0 aromatic carbocycles. The van der Waals surface area contributed by atoms with Gasteiger partial charge in [0.2, 0.25) is 0 Å². The molecule has 3 unspecified atom stereocenters. The fourth-order valence-corrected chi connectivity index (χ4v) is 2.96. The summed E-state index contributed by atoms with van der Waals surface area (Å²) in [7, 11) is 0. The van der Waals surface area contributed by atoms with Crippen molar-refractivity contribution in [2.75, 3.05) is 13.1 Å². The van der Waals surface area contributed by atoms with Crippen LogP contribution in [0.4, 0.5) is 4.79 Å². The van der Waals surface area contributed by atoms with E-state index in [-0.39, 0.29) is 6.09 Å². The second-order valence-corrected chi connectivity index (χ2v) is 6.63. The monoisotopic (exact) mass is 254 g/mol. The van der Waals surface area contributed by atoms with Gasteiger partial charge in [-0.1, -0.05) is 0 Å². The zero-order valence-corrected chi connectivity index (χ0v) is 11.8. The maximum absolute atomic E-state index is 12.2. The molecule has 0 bridgehead atoms. The van der Waals surface area contributed by atoms with Gasteiger partial charge >= 0.3 is 6.09 Å². The number of hydrogen-bond donors (Lipinski definition) is 1. The van der Waals surface area contributed by atoms with E-state index in [1.165, 1.54) is 12.8 Å². The molecule has 2 fully saturated rings. The molecule has 2 N–H and O–H groups in total. The second-order valence-electron chi connectivity index (χ2n) is 6.63. The fraction of sp³-hybridized carbons (Fsp3) is 0.929. The van der Waals surface area contributed by atoms with Crippen molar-refractivity contribution in [3.8, 4) is 0 Å². The van der Waals surface area contributed by atoms with E-state index in [0.29, 0.717) is 17.9 Å². The molecule has 4 heteroatoms. The molecule has 0 radical (unpaired) electrons. The molecule has 1 aliphatic carbocycles. The molecule has 1 saturated heterocycles. The van der Waals surface area contributed by atoms with Gasteiger partial charge in [-0.2, -0.15) is 0 Å². The van der Waals surface area contributed by atoms with E-state index in [9.17, 15) is 4.79 Å². The third-order valence-corrected chi connectivity index (χ3v) is 3.95. The van der Waals surface area contributed by atoms with Crippen molar-refractivity contribution in [1.29, 1.82) is 0 Å². The molecule has 0 aromatic heterocycles. The third-order valence-electron chi connectivity index (χ3n) is 3.95. The van der Waals surface area contributed by atoms with E-state index in [2.05, 4.69) is 0 Å². The van der Waals surface area contributed by atoms with Crippen LogP contribution in [0.25, 0.3) is 0 Å². The lowest BCUT2D eigenvalue weighted by Gasteiger charge is -2.37. The first-order valence-corrected chi connectivity index (χ1v) is 7.12. The second kappa shape index (κ2) is 5.08. The van der Waals surface area contributed by atoms with Gasteiger partial charge in [0.1, 0.15) is 5.60 Å². The predicted molar refractivity (Wildman–Crippen MR) is 71.2 cm³/mol. The molecule has 18 heavy (non-hydrogen) atoms. The van der Waals surface area contributed by atoms with E-state index in [1.807, 2.05) is 25.7 Å². The van der Waals surface area contributed by atoms with Crippen molar-refractivity contribution >= 4 is 6.09 Å². The highest BCUT2D eigenvalue weighted by Crippen LogP contribution is 2.45. The van der Waals surface area contributed by atoms with E-state index < -0.39 is 5.60 Å². The van der Waals surface area contributed by atoms with Crippen LogP contribution >= 0.6 is 0 Å². The van der Waals surface area contributed by atoms with Gasteiger partial charge in [0, 0.05) is 12.6 Å². The van der Waals surface area contributed by atoms with Crippen molar-refractivity contribution in [2.45, 2.75) is 58.1 Å². The Kier molecular flexibility index (Phi) is 3.85. The summed E-state index contributed by atoms with van der Waals surface area (Å²) in [6, 6.07) is 0.363. The standard InChI is InChI=1S/C14H26N2O2/c1-14(2,3)18-13(17)16-7-5-4-6-12(16)11-8-10(11)9-15/h10-12H,4-9,15H2,1-3H3. The Morgan fingerprint density at radius 3 is 2.67 bits per heavy atom. The first-order chi connectivity index (χ1) is 8.42. The molecule has 1 aliphatic heterocycles. The number of nitrogens with zero attached hydrogens (tertiary/aromatic N) is 1. The molecule has 1 saturated carbocycles. The number of nitrogens with two attached hydrogens (primary N) is 1. The van der Waals surface area contributed by atoms with Crippen molar-refractivity contribution in [3.63, 3.8) is 0 Å². The number of piperidine rings is 1. The Morgan fingerprint density at radius 2 is 2.11 bits per heavy atom. The van der Waals surface area contributed by atoms with Crippen LogP contribution in [0.5, 0.6) is 0 Å². The molecule has 2 rings (SSSR count). The Bertz CT molecular complexity index is 311. The molecule has 4 nitrogen and oxygen atoms in total. The maximum atomic E-state index is 12.2. The quantitative estimate of drug-likeness (QED) is 0.823. The maximum Gasteiger partial charge on any atom is 0.410 e. The number of rotatable bonds is 2. The average molecular weight is 254 g/mol. The molecule has 1 heterocycles. The molecule has 3 atom stereocenters. The molecule has 0 spiro atoms. The summed E-state index contributed by atoms with van der Waals surface area (Å²) in [5.74, 6) is 1.24. The summed E-state index contributed by atoms with van der Waals surface area (Å²) in [6.07, 6.45) is 4.46. The normalized spacial score (nSPS) is 32.2. The summed E-state index contributed by atoms with van der Waals surface area (Å²) in [5, 5.41) is 0. The Labute approximate surface area is 110 Å². The van der Waals surface area contributed by atoms with E-state index in [4.69, 9.17) is 10.5 Å². The Balaban J connectivity index is 1.97. The molecule has 1 amide bonds. The van der Waals surface area contributed by atoms with E-state index >= 15 is 0 Å². The zero-order chi connectivity index (χ0) is 13.3. The number of carbonyl (C=O) groups excluding carboxylic acids is 1. The molecule has 2 aliphatic rings.